The Bertz CT molecular complexity index is 738. The number of carbonyl (C=O) groups excluding carboxylic acids is 1. The van der Waals surface area contributed by atoms with Crippen molar-refractivity contribution < 1.29 is 19.4 Å². The van der Waals surface area contributed by atoms with Crippen LogP contribution in [0.5, 0.6) is 5.75 Å². The Kier molecular flexibility index (Phi) is 5.58. The summed E-state index contributed by atoms with van der Waals surface area (Å²) < 4.78 is 5.39. The molecule has 1 unspecified atom stereocenters. The smallest absolute Gasteiger partial charge is 0.330 e. The summed E-state index contributed by atoms with van der Waals surface area (Å²) in [5, 5.41) is 12.0. The third-order valence-corrected chi connectivity index (χ3v) is 3.90. The van der Waals surface area contributed by atoms with Gasteiger partial charge in [0.25, 0.3) is 5.91 Å². The lowest BCUT2D eigenvalue weighted by Crippen LogP contribution is -2.37. The van der Waals surface area contributed by atoms with Crippen molar-refractivity contribution in [1.82, 2.24) is 5.32 Å². The quantitative estimate of drug-likeness (QED) is 0.855. The van der Waals surface area contributed by atoms with E-state index in [9.17, 15) is 14.7 Å². The van der Waals surface area contributed by atoms with Gasteiger partial charge in [0, 0.05) is 0 Å². The van der Waals surface area contributed by atoms with Gasteiger partial charge in [-0.15, -0.1) is 0 Å². The van der Waals surface area contributed by atoms with Gasteiger partial charge < -0.3 is 15.2 Å². The first-order chi connectivity index (χ1) is 11.4. The first-order valence-corrected chi connectivity index (χ1v) is 7.66. The van der Waals surface area contributed by atoms with Crippen LogP contribution in [0, 0.1) is 20.8 Å². The summed E-state index contributed by atoms with van der Waals surface area (Å²) in [4.78, 5) is 23.6. The van der Waals surface area contributed by atoms with Gasteiger partial charge in [0.1, 0.15) is 5.75 Å². The number of carbonyl (C=O) groups is 2. The highest BCUT2D eigenvalue weighted by atomic mass is 16.5. The van der Waals surface area contributed by atoms with Crippen LogP contribution in [0.25, 0.3) is 0 Å². The molecule has 0 heterocycles. The molecule has 2 rings (SSSR count). The van der Waals surface area contributed by atoms with Crippen LogP contribution in [-0.2, 0) is 9.59 Å². The first-order valence-electron chi connectivity index (χ1n) is 7.66. The predicted octanol–water partition coefficient (Wildman–Crippen LogP) is 2.93. The van der Waals surface area contributed by atoms with E-state index in [0.717, 1.165) is 16.7 Å². The van der Waals surface area contributed by atoms with Crippen molar-refractivity contribution in [2.75, 3.05) is 6.61 Å². The van der Waals surface area contributed by atoms with Gasteiger partial charge in [0.2, 0.25) is 0 Å². The molecule has 24 heavy (non-hydrogen) atoms. The van der Waals surface area contributed by atoms with Crippen molar-refractivity contribution in [1.29, 1.82) is 0 Å². The van der Waals surface area contributed by atoms with E-state index in [2.05, 4.69) is 5.32 Å². The molecule has 0 saturated carbocycles. The third kappa shape index (κ3) is 4.35. The Balaban J connectivity index is 2.05. The molecule has 0 aliphatic heterocycles. The van der Waals surface area contributed by atoms with Gasteiger partial charge >= 0.3 is 5.97 Å². The second kappa shape index (κ2) is 7.64. The van der Waals surface area contributed by atoms with E-state index in [1.165, 1.54) is 0 Å². The molecule has 5 heteroatoms. The Hall–Kier alpha value is -2.82. The molecule has 5 nitrogen and oxygen atoms in total. The predicted molar refractivity (Wildman–Crippen MR) is 91.1 cm³/mol. The number of aliphatic carboxylic acids is 1. The zero-order chi connectivity index (χ0) is 17.7. The van der Waals surface area contributed by atoms with Crippen LogP contribution in [0.1, 0.15) is 28.3 Å². The molecule has 2 aromatic rings. The number of amides is 1. The van der Waals surface area contributed by atoms with Crippen LogP contribution in [0.4, 0.5) is 0 Å². The first kappa shape index (κ1) is 17.5. The second-order valence-corrected chi connectivity index (χ2v) is 5.73. The maximum absolute atomic E-state index is 12.1. The van der Waals surface area contributed by atoms with E-state index in [4.69, 9.17) is 4.74 Å². The van der Waals surface area contributed by atoms with Crippen molar-refractivity contribution in [3.63, 3.8) is 0 Å². The highest BCUT2D eigenvalue weighted by molar-refractivity contribution is 5.85. The van der Waals surface area contributed by atoms with Gasteiger partial charge in [-0.2, -0.15) is 0 Å². The highest BCUT2D eigenvalue weighted by Gasteiger charge is 2.24. The summed E-state index contributed by atoms with van der Waals surface area (Å²) >= 11 is 0. The molecule has 0 bridgehead atoms. The Morgan fingerprint density at radius 3 is 2.38 bits per heavy atom. The molecule has 1 atom stereocenters. The van der Waals surface area contributed by atoms with Crippen molar-refractivity contribution in [3.05, 3.63) is 64.7 Å². The van der Waals surface area contributed by atoms with E-state index in [-0.39, 0.29) is 6.61 Å². The van der Waals surface area contributed by atoms with E-state index in [0.29, 0.717) is 11.3 Å². The zero-order valence-corrected chi connectivity index (χ0v) is 14.0. The summed E-state index contributed by atoms with van der Waals surface area (Å²) in [5.41, 5.74) is 3.49. The van der Waals surface area contributed by atoms with Crippen molar-refractivity contribution in [3.8, 4) is 5.75 Å². The van der Waals surface area contributed by atoms with Gasteiger partial charge in [0.15, 0.2) is 12.6 Å². The van der Waals surface area contributed by atoms with Crippen molar-refractivity contribution in [2.24, 2.45) is 0 Å². The Labute approximate surface area is 141 Å². The lowest BCUT2D eigenvalue weighted by atomic mass is 9.97. The van der Waals surface area contributed by atoms with Crippen molar-refractivity contribution in [2.45, 2.75) is 26.8 Å². The number of hydrogen-bond donors (Lipinski definition) is 2. The van der Waals surface area contributed by atoms with Gasteiger partial charge in [0.05, 0.1) is 0 Å². The third-order valence-electron chi connectivity index (χ3n) is 3.90. The van der Waals surface area contributed by atoms with Crippen LogP contribution in [0.2, 0.25) is 0 Å². The fraction of sp³-hybridized carbons (Fsp3) is 0.263. The Morgan fingerprint density at radius 1 is 1.08 bits per heavy atom. The minimum absolute atomic E-state index is 0.238. The fourth-order valence-electron chi connectivity index (χ4n) is 2.35. The summed E-state index contributed by atoms with van der Waals surface area (Å²) in [5.74, 6) is -1.02. The average molecular weight is 327 g/mol. The summed E-state index contributed by atoms with van der Waals surface area (Å²) in [6.07, 6.45) is 0. The fourth-order valence-corrected chi connectivity index (χ4v) is 2.35. The van der Waals surface area contributed by atoms with Gasteiger partial charge in [-0.25, -0.2) is 4.79 Å². The van der Waals surface area contributed by atoms with Crippen LogP contribution in [-0.4, -0.2) is 23.6 Å². The van der Waals surface area contributed by atoms with Crippen LogP contribution >= 0.6 is 0 Å². The number of hydrogen-bond acceptors (Lipinski definition) is 3. The van der Waals surface area contributed by atoms with Crippen LogP contribution in [0.3, 0.4) is 0 Å². The molecule has 0 aliphatic carbocycles. The molecule has 0 spiro atoms. The topological polar surface area (TPSA) is 75.6 Å². The number of carboxylic acids is 1. The largest absolute Gasteiger partial charge is 0.484 e. The Morgan fingerprint density at radius 2 is 1.75 bits per heavy atom. The van der Waals surface area contributed by atoms with Gasteiger partial charge in [-0.1, -0.05) is 35.9 Å². The maximum Gasteiger partial charge on any atom is 0.330 e. The molecule has 0 aliphatic rings. The van der Waals surface area contributed by atoms with E-state index in [1.807, 2.05) is 39.0 Å². The SMILES string of the molecule is Cc1ccc(OCC(=O)NC(C(=O)O)c2cccc(C)c2C)cc1. The average Bonchev–Trinajstić information content (AvgIpc) is 2.55. The number of benzene rings is 2. The van der Waals surface area contributed by atoms with Crippen molar-refractivity contribution >= 4 is 11.9 Å². The molecule has 2 N–H and O–H groups in total. The van der Waals surface area contributed by atoms with Gasteiger partial charge in [-0.3, -0.25) is 4.79 Å². The monoisotopic (exact) mass is 327 g/mol. The molecule has 0 aromatic heterocycles. The standard InChI is InChI=1S/C19H21NO4/c1-12-7-9-15(10-8-12)24-11-17(21)20-18(19(22)23)16-6-4-5-13(2)14(16)3/h4-10,18H,11H2,1-3H3,(H,20,21)(H,22,23). The van der Waals surface area contributed by atoms with Crippen LogP contribution < -0.4 is 10.1 Å². The molecular weight excluding hydrogens is 306 g/mol. The van der Waals surface area contributed by atoms with E-state index in [1.54, 1.807) is 24.3 Å². The number of aryl methyl sites for hydroxylation is 2. The zero-order valence-electron chi connectivity index (χ0n) is 14.0. The molecule has 1 amide bonds. The number of ether oxygens (including phenoxy) is 1. The number of nitrogens with one attached hydrogen (secondary N) is 1. The summed E-state index contributed by atoms with van der Waals surface area (Å²) in [6, 6.07) is 11.6. The van der Waals surface area contributed by atoms with E-state index >= 15 is 0 Å². The minimum Gasteiger partial charge on any atom is -0.484 e. The lowest BCUT2D eigenvalue weighted by molar-refractivity contribution is -0.142. The van der Waals surface area contributed by atoms with Crippen LogP contribution in [0.15, 0.2) is 42.5 Å². The van der Waals surface area contributed by atoms with E-state index < -0.39 is 17.9 Å². The molecule has 2 aromatic carbocycles. The molecular formula is C19H21NO4. The molecule has 0 radical (unpaired) electrons. The highest BCUT2D eigenvalue weighted by Crippen LogP contribution is 2.21. The van der Waals surface area contributed by atoms with Gasteiger partial charge in [-0.05, 0) is 49.6 Å². The summed E-state index contributed by atoms with van der Waals surface area (Å²) in [7, 11) is 0. The lowest BCUT2D eigenvalue weighted by Gasteiger charge is -2.18. The minimum atomic E-state index is -1.10. The molecule has 126 valence electrons. The number of rotatable bonds is 6. The molecule has 0 saturated heterocycles. The number of carboxylic acid groups (broad SMARTS) is 1. The molecule has 0 fully saturated rings. The second-order valence-electron chi connectivity index (χ2n) is 5.73. The normalized spacial score (nSPS) is 11.6. The summed E-state index contributed by atoms with van der Waals surface area (Å²) in [6.45, 7) is 5.46. The maximum atomic E-state index is 12.1.